The summed E-state index contributed by atoms with van der Waals surface area (Å²) in [5.41, 5.74) is 10.9. The molecule has 0 saturated heterocycles. The van der Waals surface area contributed by atoms with E-state index in [9.17, 15) is 0 Å². The largest absolute Gasteiger partial charge is 2.00 e. The van der Waals surface area contributed by atoms with Gasteiger partial charge >= 0.3 is 21.1 Å². The maximum absolute atomic E-state index is 6.23. The van der Waals surface area contributed by atoms with Crippen LogP contribution in [0.4, 0.5) is 0 Å². The molecule has 6 rings (SSSR count). The molecule has 0 aliphatic carbocycles. The second kappa shape index (κ2) is 11.7. The Morgan fingerprint density at radius 3 is 1.98 bits per heavy atom. The van der Waals surface area contributed by atoms with Gasteiger partial charge in [0, 0.05) is 35.3 Å². The van der Waals surface area contributed by atoms with E-state index in [1.165, 1.54) is 27.8 Å². The SMILES string of the molecule is Cc1cc(C)c(-n2ccnc2-c2[c-]c(Oc3[c-]c(-c4cn(-c5c(C)cccc5C)cn4)ccc3)ccc2)c(C)c1.[Pt+2]. The Bertz CT molecular complexity index is 1810. The molecule has 0 fully saturated rings. The predicted molar refractivity (Wildman–Crippen MR) is 159 cm³/mol. The third kappa shape index (κ3) is 5.68. The number of rotatable bonds is 6. The molecule has 0 atom stereocenters. The van der Waals surface area contributed by atoms with Gasteiger partial charge in [0.25, 0.3) is 0 Å². The summed E-state index contributed by atoms with van der Waals surface area (Å²) in [7, 11) is 0. The summed E-state index contributed by atoms with van der Waals surface area (Å²) in [5, 5.41) is 0. The van der Waals surface area contributed by atoms with Crippen LogP contribution in [-0.4, -0.2) is 19.1 Å². The van der Waals surface area contributed by atoms with Crippen molar-refractivity contribution in [1.82, 2.24) is 19.1 Å². The van der Waals surface area contributed by atoms with Crippen molar-refractivity contribution in [2.75, 3.05) is 0 Å². The summed E-state index contributed by atoms with van der Waals surface area (Å²) in [4.78, 5) is 9.32. The standard InChI is InChI=1S/C35H30N4O.Pt/c1-23-17-26(4)34(27(5)18-23)39-16-15-36-35(39)29-12-8-14-31(20-29)40-30-13-7-11-28(19-30)32-21-38(22-37-32)33-24(2)9-6-10-25(33)3;/h6-18,21-22H,1-5H3;/q-2;+2. The van der Waals surface area contributed by atoms with Crippen LogP contribution >= 0.6 is 0 Å². The van der Waals surface area contributed by atoms with Gasteiger partial charge in [0.15, 0.2) is 0 Å². The number of aromatic nitrogens is 4. The molecule has 0 radical (unpaired) electrons. The summed E-state index contributed by atoms with van der Waals surface area (Å²) in [6, 6.07) is 29.2. The van der Waals surface area contributed by atoms with Crippen LogP contribution in [0.15, 0.2) is 91.6 Å². The second-order valence-corrected chi connectivity index (χ2v) is 10.2. The molecule has 6 aromatic rings. The molecule has 2 aromatic heterocycles. The maximum Gasteiger partial charge on any atom is 2.00 e. The fraction of sp³-hybridized carbons (Fsp3) is 0.143. The monoisotopic (exact) mass is 717 g/mol. The molecule has 0 saturated carbocycles. The van der Waals surface area contributed by atoms with E-state index in [-0.39, 0.29) is 21.1 Å². The van der Waals surface area contributed by atoms with E-state index in [1.807, 2.05) is 61.3 Å². The van der Waals surface area contributed by atoms with Gasteiger partial charge in [0.05, 0.1) is 17.8 Å². The molecule has 0 N–H and O–H groups in total. The van der Waals surface area contributed by atoms with Crippen molar-refractivity contribution < 1.29 is 25.8 Å². The van der Waals surface area contributed by atoms with Gasteiger partial charge in [0.2, 0.25) is 0 Å². The van der Waals surface area contributed by atoms with Crippen molar-refractivity contribution in [3.05, 3.63) is 132 Å². The molecule has 0 bridgehead atoms. The van der Waals surface area contributed by atoms with E-state index in [0.717, 1.165) is 34.0 Å². The van der Waals surface area contributed by atoms with Crippen molar-refractivity contribution in [1.29, 1.82) is 0 Å². The van der Waals surface area contributed by atoms with Crippen LogP contribution in [0.25, 0.3) is 34.0 Å². The molecule has 0 aliphatic rings. The summed E-state index contributed by atoms with van der Waals surface area (Å²) >= 11 is 0. The quantitative estimate of drug-likeness (QED) is 0.163. The molecular weight excluding hydrogens is 687 g/mol. The van der Waals surface area contributed by atoms with E-state index in [0.29, 0.717) is 11.5 Å². The Kier molecular flexibility index (Phi) is 8.10. The van der Waals surface area contributed by atoms with Gasteiger partial charge in [0.1, 0.15) is 0 Å². The van der Waals surface area contributed by atoms with Gasteiger partial charge in [-0.25, -0.2) is 0 Å². The van der Waals surface area contributed by atoms with E-state index in [4.69, 9.17) is 4.74 Å². The van der Waals surface area contributed by atoms with Gasteiger partial charge in [-0.05, 0) is 63.1 Å². The molecule has 2 heterocycles. The first-order valence-electron chi connectivity index (χ1n) is 13.3. The Labute approximate surface area is 255 Å². The average Bonchev–Trinajstić information content (AvgIpc) is 3.59. The number of nitrogens with zero attached hydrogens (tertiary/aromatic N) is 4. The van der Waals surface area contributed by atoms with E-state index in [2.05, 4.69) is 96.2 Å². The van der Waals surface area contributed by atoms with Crippen molar-refractivity contribution in [3.8, 4) is 45.5 Å². The molecule has 41 heavy (non-hydrogen) atoms. The van der Waals surface area contributed by atoms with Crippen molar-refractivity contribution >= 4 is 0 Å². The number of imidazole rings is 2. The average molecular weight is 718 g/mol. The Morgan fingerprint density at radius 2 is 1.29 bits per heavy atom. The van der Waals surface area contributed by atoms with Gasteiger partial charge in [-0.2, -0.15) is 0 Å². The molecule has 6 heteroatoms. The van der Waals surface area contributed by atoms with Gasteiger partial charge < -0.3 is 13.9 Å². The van der Waals surface area contributed by atoms with Crippen LogP contribution in [-0.2, 0) is 21.1 Å². The van der Waals surface area contributed by atoms with Crippen molar-refractivity contribution in [2.24, 2.45) is 0 Å². The zero-order chi connectivity index (χ0) is 27.8. The van der Waals surface area contributed by atoms with Crippen molar-refractivity contribution in [2.45, 2.75) is 34.6 Å². The number of para-hydroxylation sites is 1. The normalized spacial score (nSPS) is 10.9. The van der Waals surface area contributed by atoms with Crippen LogP contribution < -0.4 is 4.74 Å². The minimum absolute atomic E-state index is 0. The van der Waals surface area contributed by atoms with Gasteiger partial charge in [-0.3, -0.25) is 9.97 Å². The Hall–Kier alpha value is -4.21. The molecule has 0 amide bonds. The summed E-state index contributed by atoms with van der Waals surface area (Å²) in [6.45, 7) is 10.6. The first-order valence-corrected chi connectivity index (χ1v) is 13.3. The van der Waals surface area contributed by atoms with Gasteiger partial charge in [-0.15, -0.1) is 47.5 Å². The van der Waals surface area contributed by atoms with Crippen LogP contribution in [0.5, 0.6) is 11.5 Å². The Balaban J connectivity index is 0.00000337. The number of hydrogen-bond acceptors (Lipinski definition) is 3. The van der Waals surface area contributed by atoms with E-state index in [1.54, 1.807) is 0 Å². The zero-order valence-corrected chi connectivity index (χ0v) is 25.9. The molecular formula is C35H30N4OPt. The third-order valence-electron chi connectivity index (χ3n) is 7.07. The Morgan fingerprint density at radius 1 is 0.683 bits per heavy atom. The van der Waals surface area contributed by atoms with E-state index >= 15 is 0 Å². The fourth-order valence-corrected chi connectivity index (χ4v) is 5.45. The zero-order valence-electron chi connectivity index (χ0n) is 23.7. The first kappa shape index (κ1) is 28.3. The fourth-order valence-electron chi connectivity index (χ4n) is 5.45. The summed E-state index contributed by atoms with van der Waals surface area (Å²) < 4.78 is 10.4. The first-order chi connectivity index (χ1) is 19.4. The van der Waals surface area contributed by atoms with Gasteiger partial charge in [-0.1, -0.05) is 48.0 Å². The molecule has 206 valence electrons. The molecule has 0 spiro atoms. The third-order valence-corrected chi connectivity index (χ3v) is 7.07. The van der Waals surface area contributed by atoms with Crippen LogP contribution in [0.3, 0.4) is 0 Å². The minimum atomic E-state index is 0. The molecule has 0 unspecified atom stereocenters. The molecule has 0 aliphatic heterocycles. The topological polar surface area (TPSA) is 44.9 Å². The number of ether oxygens (including phenoxy) is 1. The second-order valence-electron chi connectivity index (χ2n) is 10.2. The minimum Gasteiger partial charge on any atom is -0.497 e. The number of hydrogen-bond donors (Lipinski definition) is 0. The number of benzene rings is 4. The summed E-state index contributed by atoms with van der Waals surface area (Å²) in [6.07, 6.45) is 7.70. The predicted octanol–water partition coefficient (Wildman–Crippen LogP) is 8.32. The smallest absolute Gasteiger partial charge is 0.497 e. The molecule has 4 aromatic carbocycles. The van der Waals surface area contributed by atoms with E-state index < -0.39 is 0 Å². The van der Waals surface area contributed by atoms with Crippen LogP contribution in [0.2, 0.25) is 0 Å². The number of aryl methyl sites for hydroxylation is 5. The maximum atomic E-state index is 6.23. The van der Waals surface area contributed by atoms with Crippen molar-refractivity contribution in [3.63, 3.8) is 0 Å². The van der Waals surface area contributed by atoms with Crippen LogP contribution in [0, 0.1) is 46.8 Å². The molecule has 5 nitrogen and oxygen atoms in total. The summed E-state index contributed by atoms with van der Waals surface area (Å²) in [5.74, 6) is 2.01. The van der Waals surface area contributed by atoms with Crippen LogP contribution in [0.1, 0.15) is 27.8 Å².